The summed E-state index contributed by atoms with van der Waals surface area (Å²) in [6.07, 6.45) is 3.27. The van der Waals surface area contributed by atoms with Crippen molar-refractivity contribution in [1.29, 1.82) is 0 Å². The number of hydrogen-bond donors (Lipinski definition) is 0. The molecule has 6 heteroatoms. The average Bonchev–Trinajstić information content (AvgIpc) is 2.86. The van der Waals surface area contributed by atoms with Crippen LogP contribution in [0.15, 0.2) is 35.3 Å². The highest BCUT2D eigenvalue weighted by Gasteiger charge is 2.14. The van der Waals surface area contributed by atoms with Gasteiger partial charge in [0, 0.05) is 11.6 Å². The van der Waals surface area contributed by atoms with Gasteiger partial charge in [-0.05, 0) is 48.0 Å². The van der Waals surface area contributed by atoms with Crippen LogP contribution in [0.2, 0.25) is 0 Å². The lowest BCUT2D eigenvalue weighted by atomic mass is 10.1. The number of aromatic nitrogens is 4. The van der Waals surface area contributed by atoms with E-state index >= 15 is 0 Å². The zero-order chi connectivity index (χ0) is 14.3. The Kier molecular flexibility index (Phi) is 3.25. The summed E-state index contributed by atoms with van der Waals surface area (Å²) in [6, 6.07) is 5.07. The Morgan fingerprint density at radius 3 is 2.70 bits per heavy atom. The zero-order valence-corrected chi connectivity index (χ0v) is 12.6. The highest BCUT2D eigenvalue weighted by atomic mass is 79.9. The lowest BCUT2D eigenvalue weighted by Gasteiger charge is -2.07. The quantitative estimate of drug-likeness (QED) is 0.712. The Balaban J connectivity index is 2.23. The Morgan fingerprint density at radius 1 is 1.20 bits per heavy atom. The van der Waals surface area contributed by atoms with Gasteiger partial charge in [0.15, 0.2) is 5.65 Å². The summed E-state index contributed by atoms with van der Waals surface area (Å²) in [6.45, 7) is 4.13. The molecule has 0 radical (unpaired) electrons. The van der Waals surface area contributed by atoms with Crippen LogP contribution in [0.5, 0.6) is 0 Å². The maximum atomic E-state index is 13.3. The van der Waals surface area contributed by atoms with Gasteiger partial charge in [0.2, 0.25) is 0 Å². The minimum atomic E-state index is -0.299. The molecule has 0 fully saturated rings. The second-order valence-corrected chi connectivity index (χ2v) is 5.62. The van der Waals surface area contributed by atoms with Crippen molar-refractivity contribution >= 4 is 27.1 Å². The summed E-state index contributed by atoms with van der Waals surface area (Å²) in [5.74, 6) is -0.299. The first-order valence-corrected chi connectivity index (χ1v) is 7.00. The molecular formula is C14H12BrFN4. The molecule has 0 saturated carbocycles. The van der Waals surface area contributed by atoms with Crippen molar-refractivity contribution in [3.8, 4) is 11.3 Å². The molecule has 3 rings (SSSR count). The second-order valence-electron chi connectivity index (χ2n) is 4.77. The van der Waals surface area contributed by atoms with Crippen LogP contribution in [0.3, 0.4) is 0 Å². The lowest BCUT2D eigenvalue weighted by molar-refractivity contribution is 0.612. The molecule has 20 heavy (non-hydrogen) atoms. The van der Waals surface area contributed by atoms with Gasteiger partial charge in [0.05, 0.1) is 10.8 Å². The smallest absolute Gasteiger partial charge is 0.164 e. The summed E-state index contributed by atoms with van der Waals surface area (Å²) in [5.41, 5.74) is 3.01. The van der Waals surface area contributed by atoms with Crippen molar-refractivity contribution in [2.24, 2.45) is 0 Å². The molecule has 0 spiro atoms. The molecule has 0 aliphatic carbocycles. The van der Waals surface area contributed by atoms with E-state index in [4.69, 9.17) is 0 Å². The number of hydrogen-bond acceptors (Lipinski definition) is 3. The van der Waals surface area contributed by atoms with Crippen molar-refractivity contribution in [2.45, 2.75) is 19.9 Å². The number of imidazole rings is 1. The van der Waals surface area contributed by atoms with Crippen LogP contribution in [-0.2, 0) is 0 Å². The van der Waals surface area contributed by atoms with Crippen molar-refractivity contribution in [3.05, 3.63) is 41.1 Å². The zero-order valence-electron chi connectivity index (χ0n) is 11.0. The number of rotatable bonds is 2. The summed E-state index contributed by atoms with van der Waals surface area (Å²) in [5, 5.41) is 0. The minimum absolute atomic E-state index is 0.266. The molecule has 0 unspecified atom stereocenters. The summed E-state index contributed by atoms with van der Waals surface area (Å²) in [7, 11) is 0. The van der Waals surface area contributed by atoms with Crippen LogP contribution in [0, 0.1) is 5.82 Å². The fraction of sp³-hybridized carbons (Fsp3) is 0.214. The van der Waals surface area contributed by atoms with Gasteiger partial charge >= 0.3 is 0 Å². The molecule has 4 nitrogen and oxygen atoms in total. The van der Waals surface area contributed by atoms with Crippen LogP contribution >= 0.6 is 15.9 Å². The average molecular weight is 335 g/mol. The highest BCUT2D eigenvalue weighted by Crippen LogP contribution is 2.28. The molecule has 0 aliphatic heterocycles. The van der Waals surface area contributed by atoms with Gasteiger partial charge in [0.25, 0.3) is 0 Å². The summed E-state index contributed by atoms with van der Waals surface area (Å²) in [4.78, 5) is 13.0. The summed E-state index contributed by atoms with van der Waals surface area (Å²) >= 11 is 3.19. The van der Waals surface area contributed by atoms with Gasteiger partial charge in [0.1, 0.15) is 23.4 Å². The van der Waals surface area contributed by atoms with E-state index in [1.165, 1.54) is 12.4 Å². The lowest BCUT2D eigenvalue weighted by Crippen LogP contribution is -2.00. The van der Waals surface area contributed by atoms with E-state index in [0.29, 0.717) is 10.2 Å². The van der Waals surface area contributed by atoms with Crippen LogP contribution in [0.4, 0.5) is 4.39 Å². The van der Waals surface area contributed by atoms with Gasteiger partial charge < -0.3 is 4.57 Å². The maximum absolute atomic E-state index is 13.3. The molecule has 0 N–H and O–H groups in total. The molecular weight excluding hydrogens is 323 g/mol. The van der Waals surface area contributed by atoms with Crippen molar-refractivity contribution < 1.29 is 4.39 Å². The highest BCUT2D eigenvalue weighted by molar-refractivity contribution is 9.10. The number of benzene rings is 1. The standard InChI is InChI=1S/C14H12BrFN4/c1-8(2)20-7-19-13-12(17-6-18-14(13)20)9-3-4-11(16)10(15)5-9/h3-8H,1-2H3. The first-order valence-electron chi connectivity index (χ1n) is 6.21. The Hall–Kier alpha value is -1.82. The number of halogens is 2. The van der Waals surface area contributed by atoms with E-state index in [9.17, 15) is 4.39 Å². The van der Waals surface area contributed by atoms with E-state index in [0.717, 1.165) is 16.7 Å². The monoisotopic (exact) mass is 334 g/mol. The molecule has 0 atom stereocenters. The SMILES string of the molecule is CC(C)n1cnc2c(-c3ccc(F)c(Br)c3)ncnc21. The molecule has 1 aromatic carbocycles. The van der Waals surface area contributed by atoms with Crippen LogP contribution < -0.4 is 0 Å². The van der Waals surface area contributed by atoms with Crippen molar-refractivity contribution in [2.75, 3.05) is 0 Å². The fourth-order valence-electron chi connectivity index (χ4n) is 2.08. The molecule has 0 bridgehead atoms. The first-order chi connectivity index (χ1) is 9.58. The topological polar surface area (TPSA) is 43.6 Å². The van der Waals surface area contributed by atoms with Crippen molar-refractivity contribution in [3.63, 3.8) is 0 Å². The van der Waals surface area contributed by atoms with E-state index in [1.54, 1.807) is 18.5 Å². The predicted octanol–water partition coefficient (Wildman–Crippen LogP) is 3.98. The van der Waals surface area contributed by atoms with Gasteiger partial charge in [-0.15, -0.1) is 0 Å². The van der Waals surface area contributed by atoms with Crippen LogP contribution in [0.25, 0.3) is 22.4 Å². The fourth-order valence-corrected chi connectivity index (χ4v) is 2.46. The van der Waals surface area contributed by atoms with Crippen LogP contribution in [0.1, 0.15) is 19.9 Å². The molecule has 3 aromatic rings. The third kappa shape index (κ3) is 2.10. The van der Waals surface area contributed by atoms with Crippen molar-refractivity contribution in [1.82, 2.24) is 19.5 Å². The normalized spacial score (nSPS) is 11.4. The molecule has 102 valence electrons. The third-order valence-corrected chi connectivity index (χ3v) is 3.72. The molecule has 0 aliphatic rings. The maximum Gasteiger partial charge on any atom is 0.164 e. The van der Waals surface area contributed by atoms with E-state index in [1.807, 2.05) is 4.57 Å². The molecule has 0 amide bonds. The van der Waals surface area contributed by atoms with Gasteiger partial charge in [-0.25, -0.2) is 19.3 Å². The Bertz CT molecular complexity index is 782. The summed E-state index contributed by atoms with van der Waals surface area (Å²) < 4.78 is 15.7. The molecule has 2 aromatic heterocycles. The first kappa shape index (κ1) is 13.2. The van der Waals surface area contributed by atoms with Gasteiger partial charge in [-0.2, -0.15) is 0 Å². The number of nitrogens with zero attached hydrogens (tertiary/aromatic N) is 4. The third-order valence-electron chi connectivity index (χ3n) is 3.11. The second kappa shape index (κ2) is 4.94. The number of fused-ring (bicyclic) bond motifs is 1. The van der Waals surface area contributed by atoms with E-state index < -0.39 is 0 Å². The Labute approximate surface area is 123 Å². The minimum Gasteiger partial charge on any atom is -0.313 e. The Morgan fingerprint density at radius 2 is 2.00 bits per heavy atom. The van der Waals surface area contributed by atoms with Gasteiger partial charge in [-0.3, -0.25) is 0 Å². The molecule has 0 saturated heterocycles. The van der Waals surface area contributed by atoms with E-state index in [2.05, 4.69) is 44.7 Å². The van der Waals surface area contributed by atoms with E-state index in [-0.39, 0.29) is 11.9 Å². The predicted molar refractivity (Wildman–Crippen MR) is 78.8 cm³/mol. The molecule has 2 heterocycles. The van der Waals surface area contributed by atoms with Crippen LogP contribution in [-0.4, -0.2) is 19.5 Å². The van der Waals surface area contributed by atoms with Gasteiger partial charge in [-0.1, -0.05) is 0 Å². The largest absolute Gasteiger partial charge is 0.313 e.